The maximum atomic E-state index is 9.16. The molecule has 2 heteroatoms. The van der Waals surface area contributed by atoms with Gasteiger partial charge in [0.25, 0.3) is 0 Å². The Labute approximate surface area is 60.3 Å². The Morgan fingerprint density at radius 3 is 2.60 bits per heavy atom. The van der Waals surface area contributed by atoms with Gasteiger partial charge in [0.05, 0.1) is 0 Å². The molecule has 0 saturated heterocycles. The third-order valence-electron chi connectivity index (χ3n) is 1.39. The minimum atomic E-state index is 0.301. The second-order valence-corrected chi connectivity index (χ2v) is 2.13. The van der Waals surface area contributed by atoms with Crippen molar-refractivity contribution in [1.29, 1.82) is 0 Å². The van der Waals surface area contributed by atoms with Crippen LogP contribution >= 0.6 is 0 Å². The van der Waals surface area contributed by atoms with Crippen LogP contribution in [0.4, 0.5) is 0 Å². The molecule has 10 heavy (non-hydrogen) atoms. The molecular weight excluding hydrogens is 126 g/mol. The number of hydrogen-bond donors (Lipinski definition) is 1. The number of para-hydroxylation sites is 1. The van der Waals surface area contributed by atoms with Crippen LogP contribution in [0.15, 0.2) is 24.3 Å². The number of rotatable bonds is 2. The molecule has 0 fully saturated rings. The molecule has 1 aromatic carbocycles. The van der Waals surface area contributed by atoms with E-state index in [1.54, 1.807) is 12.1 Å². The number of aromatic hydroxyl groups is 1. The Morgan fingerprint density at radius 2 is 2.00 bits per heavy atom. The molecule has 2 N–H and O–H groups in total. The summed E-state index contributed by atoms with van der Waals surface area (Å²) >= 11 is 0. The minimum Gasteiger partial charge on any atom is -0.508 e. The minimum absolute atomic E-state index is 0.301. The standard InChI is InChI=1S/C8H10NO/c9-6-5-7-3-1-2-4-8(7)10/h1-4,9-10H,5-6H2. The lowest BCUT2D eigenvalue weighted by Crippen LogP contribution is -1.91. The monoisotopic (exact) mass is 136 g/mol. The fraction of sp³-hybridized carbons (Fsp3) is 0.250. The van der Waals surface area contributed by atoms with Gasteiger partial charge in [-0.2, -0.15) is 0 Å². The zero-order valence-electron chi connectivity index (χ0n) is 5.67. The van der Waals surface area contributed by atoms with Crippen LogP contribution in [0.25, 0.3) is 0 Å². The van der Waals surface area contributed by atoms with Crippen molar-refractivity contribution < 1.29 is 5.11 Å². The van der Waals surface area contributed by atoms with Crippen molar-refractivity contribution in [1.82, 2.24) is 5.73 Å². The number of nitrogens with one attached hydrogen (secondary N) is 1. The molecule has 0 bridgehead atoms. The SMILES string of the molecule is [NH]CCc1ccccc1O. The summed E-state index contributed by atoms with van der Waals surface area (Å²) in [7, 11) is 0. The Bertz CT molecular complexity index is 210. The number of phenols is 1. The van der Waals surface area contributed by atoms with Crippen molar-refractivity contribution >= 4 is 0 Å². The highest BCUT2D eigenvalue weighted by atomic mass is 16.3. The molecule has 2 nitrogen and oxygen atoms in total. The third-order valence-corrected chi connectivity index (χ3v) is 1.39. The first-order valence-corrected chi connectivity index (χ1v) is 3.26. The molecule has 0 aliphatic heterocycles. The summed E-state index contributed by atoms with van der Waals surface area (Å²) in [6.07, 6.45) is 0.632. The summed E-state index contributed by atoms with van der Waals surface area (Å²) in [6, 6.07) is 7.13. The van der Waals surface area contributed by atoms with Gasteiger partial charge in [-0.3, -0.25) is 5.73 Å². The summed E-state index contributed by atoms with van der Waals surface area (Å²) in [5, 5.41) is 9.16. The van der Waals surface area contributed by atoms with Crippen molar-refractivity contribution in [2.45, 2.75) is 6.42 Å². The highest BCUT2D eigenvalue weighted by Crippen LogP contribution is 2.14. The highest BCUT2D eigenvalue weighted by Gasteiger charge is 1.95. The summed E-state index contributed by atoms with van der Waals surface area (Å²) in [4.78, 5) is 0. The topological polar surface area (TPSA) is 44.0 Å². The molecule has 1 radical (unpaired) electrons. The fourth-order valence-electron chi connectivity index (χ4n) is 0.857. The first kappa shape index (κ1) is 7.09. The molecule has 0 aliphatic carbocycles. The Morgan fingerprint density at radius 1 is 1.30 bits per heavy atom. The van der Waals surface area contributed by atoms with Gasteiger partial charge in [-0.15, -0.1) is 0 Å². The van der Waals surface area contributed by atoms with E-state index in [2.05, 4.69) is 0 Å². The van der Waals surface area contributed by atoms with Gasteiger partial charge in [0.2, 0.25) is 0 Å². The lowest BCUT2D eigenvalue weighted by molar-refractivity contribution is 0.468. The lowest BCUT2D eigenvalue weighted by Gasteiger charge is -1.99. The molecular formula is C8H10NO. The predicted molar refractivity (Wildman–Crippen MR) is 39.8 cm³/mol. The molecule has 1 rings (SSSR count). The Balaban J connectivity index is 2.81. The first-order valence-electron chi connectivity index (χ1n) is 3.26. The predicted octanol–water partition coefficient (Wildman–Crippen LogP) is 1.22. The highest BCUT2D eigenvalue weighted by molar-refractivity contribution is 5.31. The maximum Gasteiger partial charge on any atom is 0.118 e. The average molecular weight is 136 g/mol. The average Bonchev–Trinajstić information content (AvgIpc) is 1.94. The van der Waals surface area contributed by atoms with Crippen LogP contribution in [0.2, 0.25) is 0 Å². The first-order chi connectivity index (χ1) is 4.84. The van der Waals surface area contributed by atoms with Crippen LogP contribution in [0.1, 0.15) is 5.56 Å². The Kier molecular flexibility index (Phi) is 2.29. The molecule has 0 atom stereocenters. The molecule has 0 saturated carbocycles. The summed E-state index contributed by atoms with van der Waals surface area (Å²) in [5.41, 5.74) is 7.78. The normalized spacial score (nSPS) is 9.70. The van der Waals surface area contributed by atoms with Crippen LogP contribution in [0.3, 0.4) is 0 Å². The number of phenolic OH excluding ortho intramolecular Hbond substituents is 1. The number of benzene rings is 1. The molecule has 0 aromatic heterocycles. The van der Waals surface area contributed by atoms with Gasteiger partial charge in [-0.05, 0) is 18.1 Å². The van der Waals surface area contributed by atoms with Crippen molar-refractivity contribution in [2.24, 2.45) is 0 Å². The van der Waals surface area contributed by atoms with Crippen molar-refractivity contribution in [3.05, 3.63) is 29.8 Å². The van der Waals surface area contributed by atoms with Crippen molar-refractivity contribution in [3.63, 3.8) is 0 Å². The van der Waals surface area contributed by atoms with Crippen LogP contribution in [-0.4, -0.2) is 11.7 Å². The van der Waals surface area contributed by atoms with E-state index >= 15 is 0 Å². The van der Waals surface area contributed by atoms with Gasteiger partial charge in [-0.25, -0.2) is 0 Å². The van der Waals surface area contributed by atoms with E-state index in [1.807, 2.05) is 12.1 Å². The van der Waals surface area contributed by atoms with Crippen LogP contribution < -0.4 is 5.73 Å². The van der Waals surface area contributed by atoms with Gasteiger partial charge in [-0.1, -0.05) is 18.2 Å². The molecule has 53 valence electrons. The zero-order chi connectivity index (χ0) is 7.40. The second-order valence-electron chi connectivity index (χ2n) is 2.13. The molecule has 0 amide bonds. The van der Waals surface area contributed by atoms with Gasteiger partial charge in [0.1, 0.15) is 5.75 Å². The van der Waals surface area contributed by atoms with Gasteiger partial charge >= 0.3 is 0 Å². The zero-order valence-corrected chi connectivity index (χ0v) is 5.67. The second kappa shape index (κ2) is 3.22. The fourth-order valence-corrected chi connectivity index (χ4v) is 0.857. The molecule has 0 spiro atoms. The summed E-state index contributed by atoms with van der Waals surface area (Å²) in [6.45, 7) is 0.331. The molecule has 0 aliphatic rings. The lowest BCUT2D eigenvalue weighted by atomic mass is 10.1. The van der Waals surface area contributed by atoms with Crippen LogP contribution in [-0.2, 0) is 6.42 Å². The van der Waals surface area contributed by atoms with E-state index in [4.69, 9.17) is 10.8 Å². The van der Waals surface area contributed by atoms with Crippen molar-refractivity contribution in [2.75, 3.05) is 6.54 Å². The smallest absolute Gasteiger partial charge is 0.118 e. The van der Waals surface area contributed by atoms with E-state index < -0.39 is 0 Å². The van der Waals surface area contributed by atoms with E-state index in [0.717, 1.165) is 5.56 Å². The van der Waals surface area contributed by atoms with E-state index in [0.29, 0.717) is 18.7 Å². The van der Waals surface area contributed by atoms with Crippen LogP contribution in [0.5, 0.6) is 5.75 Å². The maximum absolute atomic E-state index is 9.16. The largest absolute Gasteiger partial charge is 0.508 e. The summed E-state index contributed by atoms with van der Waals surface area (Å²) in [5.74, 6) is 0.301. The van der Waals surface area contributed by atoms with E-state index in [1.165, 1.54) is 0 Å². The van der Waals surface area contributed by atoms with E-state index in [-0.39, 0.29) is 0 Å². The Hall–Kier alpha value is -1.02. The van der Waals surface area contributed by atoms with Crippen molar-refractivity contribution in [3.8, 4) is 5.75 Å². The van der Waals surface area contributed by atoms with Crippen LogP contribution in [0, 0.1) is 0 Å². The van der Waals surface area contributed by atoms with Gasteiger partial charge in [0.15, 0.2) is 0 Å². The summed E-state index contributed by atoms with van der Waals surface area (Å²) < 4.78 is 0. The number of hydrogen-bond acceptors (Lipinski definition) is 1. The third kappa shape index (κ3) is 1.48. The molecule has 0 heterocycles. The molecule has 0 unspecified atom stereocenters. The molecule has 1 aromatic rings. The van der Waals surface area contributed by atoms with Gasteiger partial charge < -0.3 is 5.11 Å². The van der Waals surface area contributed by atoms with E-state index in [9.17, 15) is 0 Å². The quantitative estimate of drug-likeness (QED) is 0.652. The van der Waals surface area contributed by atoms with Gasteiger partial charge in [0, 0.05) is 6.54 Å².